The van der Waals surface area contributed by atoms with Crippen LogP contribution in [0.4, 0.5) is 4.39 Å². The molecule has 1 aliphatic rings. The van der Waals surface area contributed by atoms with Gasteiger partial charge in [0.25, 0.3) is 11.8 Å². The van der Waals surface area contributed by atoms with Crippen molar-refractivity contribution in [2.75, 3.05) is 7.05 Å². The van der Waals surface area contributed by atoms with E-state index < -0.39 is 40.9 Å². The zero-order valence-corrected chi connectivity index (χ0v) is 10.0. The van der Waals surface area contributed by atoms with Gasteiger partial charge in [-0.1, -0.05) is 6.07 Å². The number of likely N-dealkylation sites (tertiary alicyclic amines) is 1. The number of benzene rings is 1. The zero-order valence-electron chi connectivity index (χ0n) is 10.0. The fraction of sp³-hybridized carbons (Fsp3) is 0.250. The van der Waals surface area contributed by atoms with E-state index in [2.05, 4.69) is 5.32 Å². The van der Waals surface area contributed by atoms with E-state index in [4.69, 9.17) is 0 Å². The molecule has 2 rings (SSSR count). The lowest BCUT2D eigenvalue weighted by molar-refractivity contribution is -0.137. The maximum atomic E-state index is 13.4. The van der Waals surface area contributed by atoms with E-state index in [0.717, 1.165) is 17.0 Å². The second kappa shape index (κ2) is 4.68. The molecule has 1 atom stereocenters. The predicted octanol–water partition coefficient (Wildman–Crippen LogP) is 0.0184. The normalized spacial score (nSPS) is 18.8. The molecule has 3 amide bonds. The topological polar surface area (TPSA) is 86.7 Å². The first-order chi connectivity index (χ1) is 8.91. The minimum Gasteiger partial charge on any atom is -0.507 e. The summed E-state index contributed by atoms with van der Waals surface area (Å²) in [6.45, 7) is 0. The predicted molar refractivity (Wildman–Crippen MR) is 61.7 cm³/mol. The largest absolute Gasteiger partial charge is 0.507 e. The van der Waals surface area contributed by atoms with E-state index >= 15 is 0 Å². The van der Waals surface area contributed by atoms with Gasteiger partial charge in [-0.2, -0.15) is 0 Å². The number of phenolic OH excluding ortho intramolecular Hbond substituents is 1. The standard InChI is InChI=1S/C12H11FN2O4/c1-15-9(17)5-7(12(15)19)14-11(18)10-6(13)3-2-4-8(10)16/h2-4,7,16H,5H2,1H3,(H,14,18). The minimum atomic E-state index is -1.02. The van der Waals surface area contributed by atoms with Gasteiger partial charge in [0.2, 0.25) is 5.91 Å². The van der Waals surface area contributed by atoms with Crippen molar-refractivity contribution < 1.29 is 23.9 Å². The number of nitrogens with zero attached hydrogens (tertiary/aromatic N) is 1. The minimum absolute atomic E-state index is 0.170. The Bertz CT molecular complexity index is 553. The molecule has 1 fully saturated rings. The Balaban J connectivity index is 2.19. The number of amides is 3. The average molecular weight is 266 g/mol. The van der Waals surface area contributed by atoms with Gasteiger partial charge in [0.05, 0.1) is 6.42 Å². The van der Waals surface area contributed by atoms with E-state index in [-0.39, 0.29) is 6.42 Å². The highest BCUT2D eigenvalue weighted by Crippen LogP contribution is 2.20. The lowest BCUT2D eigenvalue weighted by Gasteiger charge is -2.12. The zero-order chi connectivity index (χ0) is 14.2. The number of likely N-dealkylation sites (N-methyl/N-ethyl adjacent to an activating group) is 1. The summed E-state index contributed by atoms with van der Waals surface area (Å²) in [6.07, 6.45) is -0.170. The van der Waals surface area contributed by atoms with Crippen LogP contribution in [0, 0.1) is 5.82 Å². The highest BCUT2D eigenvalue weighted by atomic mass is 19.1. The lowest BCUT2D eigenvalue weighted by atomic mass is 10.1. The van der Waals surface area contributed by atoms with Crippen LogP contribution in [-0.2, 0) is 9.59 Å². The molecule has 1 aliphatic heterocycles. The van der Waals surface area contributed by atoms with Gasteiger partial charge in [0.15, 0.2) is 0 Å². The maximum absolute atomic E-state index is 13.4. The summed E-state index contributed by atoms with van der Waals surface area (Å²) in [6, 6.07) is 2.40. The van der Waals surface area contributed by atoms with Gasteiger partial charge in [-0.25, -0.2) is 4.39 Å². The molecular formula is C12H11FN2O4. The van der Waals surface area contributed by atoms with Crippen LogP contribution in [0.3, 0.4) is 0 Å². The van der Waals surface area contributed by atoms with Gasteiger partial charge in [0, 0.05) is 7.05 Å². The number of nitrogens with one attached hydrogen (secondary N) is 1. The molecule has 0 radical (unpaired) electrons. The van der Waals surface area contributed by atoms with Crippen molar-refractivity contribution >= 4 is 17.7 Å². The van der Waals surface area contributed by atoms with Crippen molar-refractivity contribution in [3.8, 4) is 5.75 Å². The highest BCUT2D eigenvalue weighted by Gasteiger charge is 2.37. The Labute approximate surface area is 107 Å². The number of imide groups is 1. The summed E-state index contributed by atoms with van der Waals surface area (Å²) >= 11 is 0. The molecule has 0 saturated carbocycles. The van der Waals surface area contributed by atoms with Crippen molar-refractivity contribution in [1.82, 2.24) is 10.2 Å². The van der Waals surface area contributed by atoms with E-state index in [1.165, 1.54) is 13.1 Å². The smallest absolute Gasteiger partial charge is 0.258 e. The molecule has 0 aliphatic carbocycles. The summed E-state index contributed by atoms with van der Waals surface area (Å²) in [5, 5.41) is 11.7. The molecule has 19 heavy (non-hydrogen) atoms. The van der Waals surface area contributed by atoms with Crippen molar-refractivity contribution in [2.45, 2.75) is 12.5 Å². The number of hydrogen-bond acceptors (Lipinski definition) is 4. The molecule has 0 aromatic heterocycles. The van der Waals surface area contributed by atoms with Crippen LogP contribution >= 0.6 is 0 Å². The Kier molecular flexibility index (Phi) is 3.20. The molecule has 0 bridgehead atoms. The first-order valence-corrected chi connectivity index (χ1v) is 5.50. The Morgan fingerprint density at radius 1 is 1.47 bits per heavy atom. The van der Waals surface area contributed by atoms with Gasteiger partial charge in [0.1, 0.15) is 23.2 Å². The first kappa shape index (κ1) is 13.0. The summed E-state index contributed by atoms with van der Waals surface area (Å²) in [5.41, 5.74) is -0.544. The summed E-state index contributed by atoms with van der Waals surface area (Å²) in [5.74, 6) is -3.34. The number of carbonyl (C=O) groups excluding carboxylic acids is 3. The third kappa shape index (κ3) is 2.26. The molecular weight excluding hydrogens is 255 g/mol. The second-order valence-electron chi connectivity index (χ2n) is 4.16. The SMILES string of the molecule is CN1C(=O)CC(NC(=O)c2c(O)cccc2F)C1=O. The van der Waals surface area contributed by atoms with Crippen molar-refractivity contribution in [3.63, 3.8) is 0 Å². The van der Waals surface area contributed by atoms with Gasteiger partial charge in [-0.3, -0.25) is 19.3 Å². The summed E-state index contributed by atoms with van der Waals surface area (Å²) in [4.78, 5) is 35.6. The molecule has 7 heteroatoms. The Morgan fingerprint density at radius 2 is 2.16 bits per heavy atom. The monoisotopic (exact) mass is 266 g/mol. The van der Waals surface area contributed by atoms with Crippen LogP contribution < -0.4 is 5.32 Å². The van der Waals surface area contributed by atoms with E-state index in [1.54, 1.807) is 0 Å². The molecule has 1 saturated heterocycles. The number of rotatable bonds is 2. The second-order valence-corrected chi connectivity index (χ2v) is 4.16. The third-order valence-electron chi connectivity index (χ3n) is 2.91. The quantitative estimate of drug-likeness (QED) is 0.739. The third-order valence-corrected chi connectivity index (χ3v) is 2.91. The van der Waals surface area contributed by atoms with E-state index in [0.29, 0.717) is 0 Å². The van der Waals surface area contributed by atoms with E-state index in [9.17, 15) is 23.9 Å². The molecule has 2 N–H and O–H groups in total. The van der Waals surface area contributed by atoms with Crippen molar-refractivity contribution in [3.05, 3.63) is 29.6 Å². The number of carbonyl (C=O) groups is 3. The Hall–Kier alpha value is -2.44. The van der Waals surface area contributed by atoms with Crippen LogP contribution in [0.15, 0.2) is 18.2 Å². The molecule has 6 nitrogen and oxygen atoms in total. The van der Waals surface area contributed by atoms with E-state index in [1.807, 2.05) is 0 Å². The van der Waals surface area contributed by atoms with Gasteiger partial charge < -0.3 is 10.4 Å². The number of phenols is 1. The van der Waals surface area contributed by atoms with Crippen molar-refractivity contribution in [2.24, 2.45) is 0 Å². The lowest BCUT2D eigenvalue weighted by Crippen LogP contribution is -2.40. The van der Waals surface area contributed by atoms with Gasteiger partial charge in [-0.15, -0.1) is 0 Å². The molecule has 1 aromatic carbocycles. The number of aromatic hydroxyl groups is 1. The molecule has 100 valence electrons. The molecule has 1 unspecified atom stereocenters. The molecule has 0 spiro atoms. The van der Waals surface area contributed by atoms with Crippen molar-refractivity contribution in [1.29, 1.82) is 0 Å². The first-order valence-electron chi connectivity index (χ1n) is 5.50. The van der Waals surface area contributed by atoms with Crippen LogP contribution in [0.2, 0.25) is 0 Å². The van der Waals surface area contributed by atoms with Crippen LogP contribution in [0.5, 0.6) is 5.75 Å². The van der Waals surface area contributed by atoms with Crippen LogP contribution in [0.1, 0.15) is 16.8 Å². The summed E-state index contributed by atoms with van der Waals surface area (Å²) < 4.78 is 13.4. The fourth-order valence-corrected chi connectivity index (χ4v) is 1.84. The van der Waals surface area contributed by atoms with Crippen LogP contribution in [-0.4, -0.2) is 40.8 Å². The average Bonchev–Trinajstić information content (AvgIpc) is 2.57. The summed E-state index contributed by atoms with van der Waals surface area (Å²) in [7, 11) is 1.30. The number of halogens is 1. The van der Waals surface area contributed by atoms with Crippen LogP contribution in [0.25, 0.3) is 0 Å². The molecule has 1 aromatic rings. The number of hydrogen-bond donors (Lipinski definition) is 2. The molecule has 1 heterocycles. The van der Waals surface area contributed by atoms with Gasteiger partial charge >= 0.3 is 0 Å². The highest BCUT2D eigenvalue weighted by molar-refractivity contribution is 6.08. The van der Waals surface area contributed by atoms with Gasteiger partial charge in [-0.05, 0) is 12.1 Å². The maximum Gasteiger partial charge on any atom is 0.258 e. The Morgan fingerprint density at radius 3 is 2.68 bits per heavy atom. The fourth-order valence-electron chi connectivity index (χ4n) is 1.84.